The molecule has 0 aliphatic heterocycles. The molecule has 0 fully saturated rings. The lowest BCUT2D eigenvalue weighted by molar-refractivity contribution is 0.785. The maximum Gasteiger partial charge on any atom is 0.0722 e. The quantitative estimate of drug-likeness (QED) is 0.151. The Morgan fingerprint density at radius 3 is 1.52 bits per heavy atom. The summed E-state index contributed by atoms with van der Waals surface area (Å²) in [5, 5.41) is 10.8. The van der Waals surface area contributed by atoms with Crippen LogP contribution in [-0.2, 0) is 18.3 Å². The smallest absolute Gasteiger partial charge is 0.0722 e. The van der Waals surface area contributed by atoms with Crippen molar-refractivity contribution in [2.45, 2.75) is 99.8 Å². The van der Waals surface area contributed by atoms with Gasteiger partial charge >= 0.3 is 0 Å². The molecule has 0 aromatic heterocycles. The molecule has 0 amide bonds. The Balaban J connectivity index is 0.000000124. The van der Waals surface area contributed by atoms with Gasteiger partial charge in [0.25, 0.3) is 0 Å². The molecular weight excluding hydrogens is 901 g/mol. The van der Waals surface area contributed by atoms with Gasteiger partial charge in [-0.3, -0.25) is 0 Å². The first kappa shape index (κ1) is 50.7. The minimum Gasteiger partial charge on any atom is -0.0873 e. The largest absolute Gasteiger partial charge is 0.0873 e. The van der Waals surface area contributed by atoms with Crippen LogP contribution in [0.25, 0.3) is 83.1 Å². The van der Waals surface area contributed by atoms with Crippen LogP contribution in [0, 0.1) is 20.8 Å². The van der Waals surface area contributed by atoms with E-state index < -0.39 is 0 Å². The molecule has 10 aromatic carbocycles. The van der Waals surface area contributed by atoms with Crippen LogP contribution in [0.2, 0.25) is 0 Å². The molecule has 0 heteroatoms. The molecule has 0 nitrogen and oxygen atoms in total. The molecule has 10 aromatic rings. The van der Waals surface area contributed by atoms with E-state index in [9.17, 15) is 0 Å². The van der Waals surface area contributed by atoms with Gasteiger partial charge in [-0.2, -0.15) is 0 Å². The molecule has 0 heterocycles. The summed E-state index contributed by atoms with van der Waals surface area (Å²) < 4.78 is 0. The predicted octanol–water partition coefficient (Wildman–Crippen LogP) is 21.3. The Morgan fingerprint density at radius 2 is 0.893 bits per heavy atom. The van der Waals surface area contributed by atoms with E-state index in [2.05, 4.69) is 261 Å². The normalized spacial score (nSPS) is 15.2. The highest BCUT2D eigenvalue weighted by Gasteiger charge is 2.51. The van der Waals surface area contributed by atoms with Crippen molar-refractivity contribution in [1.82, 2.24) is 0 Å². The van der Waals surface area contributed by atoms with E-state index in [1.807, 2.05) is 13.8 Å². The van der Waals surface area contributed by atoms with Gasteiger partial charge in [0.2, 0.25) is 0 Å². The van der Waals surface area contributed by atoms with Crippen molar-refractivity contribution in [2.24, 2.45) is 0 Å². The lowest BCUT2D eigenvalue weighted by Crippen LogP contribution is -2.26. The Kier molecular flexibility index (Phi) is 14.9. The molecule has 1 unspecified atom stereocenters. The van der Waals surface area contributed by atoms with Crippen LogP contribution >= 0.6 is 0 Å². The Morgan fingerprint density at radius 1 is 0.413 bits per heavy atom. The Hall–Kier alpha value is -7.80. The van der Waals surface area contributed by atoms with E-state index in [1.54, 1.807) is 11.1 Å². The number of rotatable bonds is 2. The van der Waals surface area contributed by atoms with Gasteiger partial charge in [0.05, 0.1) is 5.41 Å². The average molecular weight is 973 g/mol. The third-order valence-corrected chi connectivity index (χ3v) is 15.6. The van der Waals surface area contributed by atoms with Gasteiger partial charge in [-0.1, -0.05) is 257 Å². The summed E-state index contributed by atoms with van der Waals surface area (Å²) >= 11 is 0. The molecule has 372 valence electrons. The first-order chi connectivity index (χ1) is 36.8. The van der Waals surface area contributed by atoms with Crippen molar-refractivity contribution >= 4 is 60.8 Å². The van der Waals surface area contributed by atoms with Gasteiger partial charge in [0, 0.05) is 0 Å². The number of hydrogen-bond acceptors (Lipinski definition) is 0. The second-order valence-electron chi connectivity index (χ2n) is 20.6. The molecule has 0 saturated carbocycles. The summed E-state index contributed by atoms with van der Waals surface area (Å²) in [6.07, 6.45) is 19.9. The maximum atomic E-state index is 2.35. The molecule has 0 radical (unpaired) electrons. The summed E-state index contributed by atoms with van der Waals surface area (Å²) in [6, 6.07) is 64.8. The van der Waals surface area contributed by atoms with Gasteiger partial charge in [-0.25, -0.2) is 0 Å². The zero-order valence-corrected chi connectivity index (χ0v) is 45.7. The van der Waals surface area contributed by atoms with Gasteiger partial charge in [0.1, 0.15) is 0 Å². The van der Waals surface area contributed by atoms with Gasteiger partial charge in [-0.15, -0.1) is 0 Å². The summed E-state index contributed by atoms with van der Waals surface area (Å²) in [7, 11) is 0. The molecular formula is C75H72. The molecule has 4 aliphatic rings. The molecule has 0 N–H and O–H groups in total. The number of hydrogen-bond donors (Lipinski definition) is 0. The third-order valence-electron chi connectivity index (χ3n) is 15.6. The van der Waals surface area contributed by atoms with Crippen molar-refractivity contribution in [3.05, 3.63) is 267 Å². The molecule has 75 heavy (non-hydrogen) atoms. The molecule has 0 saturated heterocycles. The first-order valence-electron chi connectivity index (χ1n) is 27.7. The highest BCUT2D eigenvalue weighted by molar-refractivity contribution is 6.25. The SMILES string of the molecule is C/C=C\C1=C(C)c2ccccc2C12c1ccccc1-c1cc(C)ccc12.CC.CCC.Cc1ccc2c3c(c4c(c2c1)C=CCC4)CCC=C3.Cc1cccc(-c2ccc3c4ccccc4c4ccccc4c3c2)c1. The van der Waals surface area contributed by atoms with E-state index >= 15 is 0 Å². The summed E-state index contributed by atoms with van der Waals surface area (Å²) in [5.74, 6) is 0. The average Bonchev–Trinajstić information content (AvgIpc) is 3.94. The topological polar surface area (TPSA) is 0 Å². The van der Waals surface area contributed by atoms with Gasteiger partial charge in [0.15, 0.2) is 0 Å². The lowest BCUT2D eigenvalue weighted by atomic mass is 9.69. The van der Waals surface area contributed by atoms with E-state index in [-0.39, 0.29) is 5.41 Å². The Labute approximate surface area is 447 Å². The number of aryl methyl sites for hydroxylation is 3. The minimum absolute atomic E-state index is 0.188. The highest BCUT2D eigenvalue weighted by atomic mass is 14.5. The van der Waals surface area contributed by atoms with Crippen LogP contribution in [0.4, 0.5) is 0 Å². The van der Waals surface area contributed by atoms with Crippen LogP contribution in [0.5, 0.6) is 0 Å². The molecule has 14 rings (SSSR count). The molecule has 4 aliphatic carbocycles. The fraction of sp³-hybridized carbons (Fsp3) is 0.200. The number of benzene rings is 10. The minimum atomic E-state index is -0.188. The number of allylic oxidation sites excluding steroid dienone is 6. The van der Waals surface area contributed by atoms with E-state index in [0.29, 0.717) is 0 Å². The van der Waals surface area contributed by atoms with Gasteiger partial charge < -0.3 is 0 Å². The fourth-order valence-corrected chi connectivity index (χ4v) is 12.6. The van der Waals surface area contributed by atoms with E-state index in [1.165, 1.54) is 159 Å². The van der Waals surface area contributed by atoms with Crippen LogP contribution < -0.4 is 0 Å². The molecule has 0 bridgehead atoms. The predicted molar refractivity (Wildman–Crippen MR) is 330 cm³/mol. The van der Waals surface area contributed by atoms with E-state index in [4.69, 9.17) is 0 Å². The monoisotopic (exact) mass is 973 g/mol. The Bertz CT molecular complexity index is 3870. The fourth-order valence-electron chi connectivity index (χ4n) is 12.6. The summed E-state index contributed by atoms with van der Waals surface area (Å²) in [6.45, 7) is 19.2. The van der Waals surface area contributed by atoms with Crippen molar-refractivity contribution in [1.29, 1.82) is 0 Å². The standard InChI is InChI=1S/C26H22.C25H18.C19H18.C3H8.C2H6/c1-4-9-22-18(3)19-10-5-7-12-23(19)26(22)24-13-8-6-11-20(24)21-16-17(2)14-15-25(21)26;1-17-7-6-8-18(15-17)19-13-14-24-22-11-3-2-9-20(22)21-10-4-5-12-23(21)25(24)16-19;1-13-10-11-18-16-8-3-2-6-14(16)15-7-4-5-9-17(15)19(18)12-13;1-3-2;1-2/h4-16H,1-3H3;2-16H,1H3;3,5,8-12H,2,4,6-7H2,1H3;3H2,1-2H3;1-2H3/b9-4-;;;;. The van der Waals surface area contributed by atoms with Crippen molar-refractivity contribution in [3.8, 4) is 22.3 Å². The molecule has 1 atom stereocenters. The first-order valence-corrected chi connectivity index (χ1v) is 27.7. The van der Waals surface area contributed by atoms with Crippen molar-refractivity contribution in [2.75, 3.05) is 0 Å². The number of fused-ring (bicyclic) bond motifs is 19. The van der Waals surface area contributed by atoms with E-state index in [0.717, 1.165) is 0 Å². The van der Waals surface area contributed by atoms with Crippen LogP contribution in [0.1, 0.15) is 122 Å². The third kappa shape index (κ3) is 8.99. The zero-order valence-electron chi connectivity index (χ0n) is 45.7. The zero-order chi connectivity index (χ0) is 52.2. The van der Waals surface area contributed by atoms with Gasteiger partial charge in [-0.05, 0) is 187 Å². The van der Waals surface area contributed by atoms with Crippen LogP contribution in [0.3, 0.4) is 0 Å². The van der Waals surface area contributed by atoms with Crippen molar-refractivity contribution < 1.29 is 0 Å². The van der Waals surface area contributed by atoms with Crippen LogP contribution in [0.15, 0.2) is 206 Å². The van der Waals surface area contributed by atoms with Crippen LogP contribution in [-0.4, -0.2) is 0 Å². The summed E-state index contributed by atoms with van der Waals surface area (Å²) in [4.78, 5) is 0. The molecule has 1 spiro atoms. The van der Waals surface area contributed by atoms with Crippen molar-refractivity contribution in [3.63, 3.8) is 0 Å². The summed E-state index contributed by atoms with van der Waals surface area (Å²) in [5.41, 5.74) is 23.7. The second-order valence-corrected chi connectivity index (χ2v) is 20.6. The maximum absolute atomic E-state index is 2.35. The lowest BCUT2D eigenvalue weighted by Gasteiger charge is -2.31. The second kappa shape index (κ2) is 22.0. The highest BCUT2D eigenvalue weighted by Crippen LogP contribution is 2.62.